The molecule has 1 unspecified atom stereocenters. The third kappa shape index (κ3) is 5.39. The lowest BCUT2D eigenvalue weighted by atomic mass is 9.91. The van der Waals surface area contributed by atoms with Gasteiger partial charge < -0.3 is 14.4 Å². The summed E-state index contributed by atoms with van der Waals surface area (Å²) in [6, 6.07) is 0. The molecule has 1 amide bonds. The molecular weight excluding hydrogens is 242 g/mol. The van der Waals surface area contributed by atoms with Gasteiger partial charge in [0.05, 0.1) is 12.7 Å². The van der Waals surface area contributed by atoms with E-state index in [2.05, 4.69) is 0 Å². The lowest BCUT2D eigenvalue weighted by Crippen LogP contribution is -2.41. The predicted molar refractivity (Wildman–Crippen MR) is 74.1 cm³/mol. The lowest BCUT2D eigenvalue weighted by molar-refractivity contribution is 0.0180. The zero-order chi connectivity index (χ0) is 13.9. The summed E-state index contributed by atoms with van der Waals surface area (Å²) in [5, 5.41) is 0. The van der Waals surface area contributed by atoms with Gasteiger partial charge in [-0.25, -0.2) is 4.79 Å². The van der Waals surface area contributed by atoms with Crippen LogP contribution in [0.3, 0.4) is 0 Å². The number of ether oxygens (including phenoxy) is 2. The first-order chi connectivity index (χ1) is 8.94. The molecule has 0 bridgehead atoms. The van der Waals surface area contributed by atoms with Gasteiger partial charge in [0.2, 0.25) is 0 Å². The Morgan fingerprint density at radius 3 is 2.42 bits per heavy atom. The number of carbonyl (C=O) groups is 1. The molecule has 2 aliphatic rings. The average molecular weight is 269 g/mol. The van der Waals surface area contributed by atoms with Gasteiger partial charge in [-0.3, -0.25) is 0 Å². The number of piperidine rings is 1. The quantitative estimate of drug-likeness (QED) is 0.736. The van der Waals surface area contributed by atoms with Crippen LogP contribution in [0, 0.1) is 5.92 Å². The molecule has 1 atom stereocenters. The van der Waals surface area contributed by atoms with E-state index in [0.717, 1.165) is 38.5 Å². The summed E-state index contributed by atoms with van der Waals surface area (Å²) in [5.41, 5.74) is -0.391. The summed E-state index contributed by atoms with van der Waals surface area (Å²) in [6.45, 7) is 8.41. The molecule has 0 aromatic heterocycles. The highest BCUT2D eigenvalue weighted by molar-refractivity contribution is 5.68. The highest BCUT2D eigenvalue weighted by atomic mass is 16.6. The number of amides is 1. The number of hydrogen-bond donors (Lipinski definition) is 0. The molecular formula is C15H27NO3. The first-order valence-electron chi connectivity index (χ1n) is 7.53. The van der Waals surface area contributed by atoms with Crippen molar-refractivity contribution in [2.75, 3.05) is 19.7 Å². The minimum atomic E-state index is -0.391. The van der Waals surface area contributed by atoms with E-state index in [1.807, 2.05) is 25.7 Å². The molecule has 2 rings (SSSR count). The van der Waals surface area contributed by atoms with Crippen LogP contribution >= 0.6 is 0 Å². The summed E-state index contributed by atoms with van der Waals surface area (Å²) >= 11 is 0. The van der Waals surface area contributed by atoms with E-state index in [1.165, 1.54) is 19.3 Å². The highest BCUT2D eigenvalue weighted by Gasteiger charge is 2.27. The molecule has 0 aromatic carbocycles. The van der Waals surface area contributed by atoms with Crippen LogP contribution in [-0.2, 0) is 9.47 Å². The summed E-state index contributed by atoms with van der Waals surface area (Å²) in [5.74, 6) is 0.775. The standard InChI is InChI=1S/C15H27NO3/c1-15(2,3)19-14(17)16-9-7-12(8-10-16)5-4-6-13-11-18-13/h12-13H,4-11H2,1-3H3. The summed E-state index contributed by atoms with van der Waals surface area (Å²) in [6.07, 6.45) is 6.39. The van der Waals surface area contributed by atoms with Gasteiger partial charge in [-0.15, -0.1) is 0 Å². The van der Waals surface area contributed by atoms with Crippen molar-refractivity contribution in [3.05, 3.63) is 0 Å². The molecule has 2 heterocycles. The van der Waals surface area contributed by atoms with Crippen molar-refractivity contribution >= 4 is 6.09 Å². The molecule has 2 saturated heterocycles. The summed E-state index contributed by atoms with van der Waals surface area (Å²) in [4.78, 5) is 13.8. The van der Waals surface area contributed by atoms with Crippen molar-refractivity contribution in [3.8, 4) is 0 Å². The van der Waals surface area contributed by atoms with E-state index in [4.69, 9.17) is 9.47 Å². The van der Waals surface area contributed by atoms with Gasteiger partial charge in [-0.1, -0.05) is 12.8 Å². The van der Waals surface area contributed by atoms with Gasteiger partial charge in [0.25, 0.3) is 0 Å². The van der Waals surface area contributed by atoms with Gasteiger partial charge in [0, 0.05) is 13.1 Å². The lowest BCUT2D eigenvalue weighted by Gasteiger charge is -2.33. The fourth-order valence-electron chi connectivity index (χ4n) is 2.60. The second-order valence-electron chi connectivity index (χ2n) is 6.80. The predicted octanol–water partition coefficient (Wildman–Crippen LogP) is 3.20. The maximum Gasteiger partial charge on any atom is 0.410 e. The molecule has 4 heteroatoms. The van der Waals surface area contributed by atoms with Crippen LogP contribution < -0.4 is 0 Å². The topological polar surface area (TPSA) is 42.1 Å². The molecule has 0 aromatic rings. The van der Waals surface area contributed by atoms with E-state index >= 15 is 0 Å². The van der Waals surface area contributed by atoms with Gasteiger partial charge in [-0.05, 0) is 46.0 Å². The fourth-order valence-corrected chi connectivity index (χ4v) is 2.60. The summed E-state index contributed by atoms with van der Waals surface area (Å²) < 4.78 is 10.6. The maximum absolute atomic E-state index is 11.9. The molecule has 4 nitrogen and oxygen atoms in total. The fraction of sp³-hybridized carbons (Fsp3) is 0.933. The third-order valence-electron chi connectivity index (χ3n) is 3.81. The SMILES string of the molecule is CC(C)(C)OC(=O)N1CCC(CCCC2CO2)CC1. The summed E-state index contributed by atoms with van der Waals surface area (Å²) in [7, 11) is 0. The Hall–Kier alpha value is -0.770. The largest absolute Gasteiger partial charge is 0.444 e. The Kier molecular flexibility index (Phi) is 4.71. The molecule has 0 N–H and O–H groups in total. The molecule has 2 fully saturated rings. The normalized spacial score (nSPS) is 24.4. The van der Waals surface area contributed by atoms with Crippen molar-refractivity contribution in [1.29, 1.82) is 0 Å². The zero-order valence-electron chi connectivity index (χ0n) is 12.5. The van der Waals surface area contributed by atoms with Crippen LogP contribution in [0.25, 0.3) is 0 Å². The van der Waals surface area contributed by atoms with Crippen LogP contribution in [0.2, 0.25) is 0 Å². The number of epoxide rings is 1. The maximum atomic E-state index is 11.9. The first-order valence-corrected chi connectivity index (χ1v) is 7.53. The molecule has 2 aliphatic heterocycles. The Balaban J connectivity index is 1.62. The first kappa shape index (κ1) is 14.6. The Morgan fingerprint density at radius 1 is 1.26 bits per heavy atom. The minimum Gasteiger partial charge on any atom is -0.444 e. The Labute approximate surface area is 116 Å². The van der Waals surface area contributed by atoms with Crippen LogP contribution in [-0.4, -0.2) is 42.4 Å². The van der Waals surface area contributed by atoms with Gasteiger partial charge >= 0.3 is 6.09 Å². The molecule has 110 valence electrons. The van der Waals surface area contributed by atoms with Crippen LogP contribution in [0.15, 0.2) is 0 Å². The second-order valence-corrected chi connectivity index (χ2v) is 6.80. The number of rotatable bonds is 4. The highest BCUT2D eigenvalue weighted by Crippen LogP contribution is 2.26. The van der Waals surface area contributed by atoms with Gasteiger partial charge in [0.15, 0.2) is 0 Å². The van der Waals surface area contributed by atoms with Crippen LogP contribution in [0.4, 0.5) is 4.79 Å². The van der Waals surface area contributed by atoms with Crippen molar-refractivity contribution < 1.29 is 14.3 Å². The Morgan fingerprint density at radius 2 is 1.89 bits per heavy atom. The van der Waals surface area contributed by atoms with E-state index in [-0.39, 0.29) is 6.09 Å². The Bertz CT molecular complexity index is 299. The smallest absolute Gasteiger partial charge is 0.410 e. The molecule has 0 aliphatic carbocycles. The van der Waals surface area contributed by atoms with E-state index < -0.39 is 5.60 Å². The number of nitrogens with zero attached hydrogens (tertiary/aromatic N) is 1. The van der Waals surface area contributed by atoms with E-state index in [1.54, 1.807) is 0 Å². The molecule has 0 saturated carbocycles. The van der Waals surface area contributed by atoms with E-state index in [9.17, 15) is 4.79 Å². The monoisotopic (exact) mass is 269 g/mol. The van der Waals surface area contributed by atoms with Crippen molar-refractivity contribution in [3.63, 3.8) is 0 Å². The van der Waals surface area contributed by atoms with Crippen molar-refractivity contribution in [2.24, 2.45) is 5.92 Å². The van der Waals surface area contributed by atoms with Gasteiger partial charge in [-0.2, -0.15) is 0 Å². The average Bonchev–Trinajstić information content (AvgIpc) is 3.12. The molecule has 0 radical (unpaired) electrons. The van der Waals surface area contributed by atoms with Crippen LogP contribution in [0.5, 0.6) is 0 Å². The number of carbonyl (C=O) groups excluding carboxylic acids is 1. The molecule has 0 spiro atoms. The minimum absolute atomic E-state index is 0.155. The van der Waals surface area contributed by atoms with Gasteiger partial charge in [0.1, 0.15) is 5.60 Å². The second kappa shape index (κ2) is 6.12. The third-order valence-corrected chi connectivity index (χ3v) is 3.81. The molecule has 19 heavy (non-hydrogen) atoms. The van der Waals surface area contributed by atoms with Crippen LogP contribution in [0.1, 0.15) is 52.9 Å². The number of hydrogen-bond acceptors (Lipinski definition) is 3. The van der Waals surface area contributed by atoms with Crippen molar-refractivity contribution in [1.82, 2.24) is 4.90 Å². The van der Waals surface area contributed by atoms with E-state index in [0.29, 0.717) is 6.10 Å². The zero-order valence-corrected chi connectivity index (χ0v) is 12.5. The number of likely N-dealkylation sites (tertiary alicyclic amines) is 1. The van der Waals surface area contributed by atoms with Crippen molar-refractivity contribution in [2.45, 2.75) is 64.6 Å².